The van der Waals surface area contributed by atoms with Crippen LogP contribution in [0.5, 0.6) is 11.5 Å². The topological polar surface area (TPSA) is 124 Å². The lowest BCUT2D eigenvalue weighted by atomic mass is 10.1. The molecule has 0 aliphatic rings. The van der Waals surface area contributed by atoms with Gasteiger partial charge in [-0.05, 0) is 55.1 Å². The number of anilines is 1. The van der Waals surface area contributed by atoms with Crippen LogP contribution in [0.2, 0.25) is 0 Å². The molecular formula is C35H31F4N6O3S+. The molecule has 252 valence electrons. The molecule has 0 saturated heterocycles. The molecule has 49 heavy (non-hydrogen) atoms. The Balaban J connectivity index is 1.33. The minimum Gasteiger partial charge on any atom is -0.453 e. The minimum absolute atomic E-state index is 0.0950. The van der Waals surface area contributed by atoms with Gasteiger partial charge in [0.2, 0.25) is 5.70 Å². The first-order valence-corrected chi connectivity index (χ1v) is 15.7. The summed E-state index contributed by atoms with van der Waals surface area (Å²) in [6.07, 6.45) is -3.11. The second kappa shape index (κ2) is 15.2. The second-order valence-electron chi connectivity index (χ2n) is 10.8. The summed E-state index contributed by atoms with van der Waals surface area (Å²) >= 11 is 1.36. The fourth-order valence-corrected chi connectivity index (χ4v) is 5.86. The Bertz CT molecular complexity index is 2010. The fourth-order valence-electron chi connectivity index (χ4n) is 4.79. The number of alkyl halides is 3. The number of quaternary nitrogens is 1. The van der Waals surface area contributed by atoms with Gasteiger partial charge in [-0.1, -0.05) is 30.3 Å². The number of hydrogen-bond acceptors (Lipinski definition) is 7. The average molecular weight is 692 g/mol. The molecule has 0 bridgehead atoms. The highest BCUT2D eigenvalue weighted by Crippen LogP contribution is 2.40. The van der Waals surface area contributed by atoms with Crippen LogP contribution in [0, 0.1) is 11.2 Å². The van der Waals surface area contributed by atoms with Crippen molar-refractivity contribution in [2.24, 2.45) is 0 Å². The summed E-state index contributed by atoms with van der Waals surface area (Å²) in [6, 6.07) is 21.6. The van der Waals surface area contributed by atoms with Gasteiger partial charge < -0.3 is 25.7 Å². The number of aromatic nitrogens is 1. The lowest BCUT2D eigenvalue weighted by Gasteiger charge is -2.17. The number of rotatable bonds is 12. The maximum atomic E-state index is 15.2. The number of hydrogen-bond donors (Lipinski definition) is 4. The van der Waals surface area contributed by atoms with Crippen molar-refractivity contribution in [2.45, 2.75) is 6.18 Å². The van der Waals surface area contributed by atoms with Crippen molar-refractivity contribution in [3.8, 4) is 21.9 Å². The smallest absolute Gasteiger partial charge is 0.453 e. The first-order chi connectivity index (χ1) is 23.5. The number of thiophene rings is 1. The van der Waals surface area contributed by atoms with Gasteiger partial charge in [0.15, 0.2) is 11.6 Å². The van der Waals surface area contributed by atoms with E-state index in [-0.39, 0.29) is 23.0 Å². The number of fused-ring (bicyclic) bond motifs is 1. The molecule has 3 aromatic carbocycles. The molecule has 0 fully saturated rings. The van der Waals surface area contributed by atoms with Crippen molar-refractivity contribution in [2.75, 3.05) is 32.5 Å². The number of nitrogens with zero attached hydrogens (tertiary/aromatic N) is 2. The van der Waals surface area contributed by atoms with Crippen LogP contribution in [0.1, 0.15) is 10.4 Å². The molecule has 14 heteroatoms. The zero-order chi connectivity index (χ0) is 35.1. The Kier molecular flexibility index (Phi) is 10.8. The normalized spacial score (nSPS) is 12.0. The molecule has 0 atom stereocenters. The molecule has 0 aliphatic carbocycles. The quantitative estimate of drug-likeness (QED) is 0.0516. The lowest BCUT2D eigenvalue weighted by molar-refractivity contribution is -0.544. The van der Waals surface area contributed by atoms with Crippen LogP contribution >= 0.6 is 11.3 Å². The molecule has 5 aromatic rings. The van der Waals surface area contributed by atoms with E-state index in [1.807, 2.05) is 25.2 Å². The SMILES string of the molecule is CNCCN(C)C(=O)c1ccc(-c2cc3nccc(Oc4ccc(NC(=O)/C(C=N)=C(/[NH2+]c5ccccc5)C(F)(F)F)cc4F)c3s2)cc1. The number of nitrogens with one attached hydrogen (secondary N) is 3. The van der Waals surface area contributed by atoms with Gasteiger partial charge in [0.05, 0.1) is 10.2 Å². The number of carbonyl (C=O) groups is 2. The van der Waals surface area contributed by atoms with E-state index < -0.39 is 29.2 Å². The molecule has 5 rings (SSSR count). The van der Waals surface area contributed by atoms with Gasteiger partial charge >= 0.3 is 6.18 Å². The summed E-state index contributed by atoms with van der Waals surface area (Å²) in [5, 5.41) is 13.6. The van der Waals surface area contributed by atoms with Crippen LogP contribution in [0.25, 0.3) is 20.7 Å². The van der Waals surface area contributed by atoms with E-state index >= 15 is 4.39 Å². The molecular weight excluding hydrogens is 660 g/mol. The van der Waals surface area contributed by atoms with E-state index in [1.54, 1.807) is 48.3 Å². The van der Waals surface area contributed by atoms with Gasteiger partial charge in [-0.25, -0.2) is 4.39 Å². The summed E-state index contributed by atoms with van der Waals surface area (Å²) in [5.41, 5.74) is -0.202. The molecule has 2 amide bonds. The third kappa shape index (κ3) is 8.35. The van der Waals surface area contributed by atoms with Crippen LogP contribution in [-0.2, 0) is 4.79 Å². The van der Waals surface area contributed by atoms with Crippen molar-refractivity contribution in [3.05, 3.63) is 114 Å². The van der Waals surface area contributed by atoms with Gasteiger partial charge in [0.1, 0.15) is 17.0 Å². The Morgan fingerprint density at radius 2 is 1.76 bits per heavy atom. The van der Waals surface area contributed by atoms with E-state index in [0.717, 1.165) is 21.8 Å². The Hall–Kier alpha value is -5.44. The molecule has 0 saturated carbocycles. The van der Waals surface area contributed by atoms with Crippen LogP contribution in [0.4, 0.5) is 28.9 Å². The maximum Gasteiger partial charge on any atom is 0.468 e. The third-order valence-corrected chi connectivity index (χ3v) is 8.53. The van der Waals surface area contributed by atoms with Gasteiger partial charge in [-0.2, -0.15) is 13.2 Å². The van der Waals surface area contributed by atoms with Crippen molar-refractivity contribution in [1.29, 1.82) is 5.41 Å². The first kappa shape index (κ1) is 34.9. The molecule has 0 aliphatic heterocycles. The molecule has 5 N–H and O–H groups in total. The largest absolute Gasteiger partial charge is 0.468 e. The van der Waals surface area contributed by atoms with Gasteiger partial charge in [0.25, 0.3) is 11.8 Å². The zero-order valence-corrected chi connectivity index (χ0v) is 27.1. The summed E-state index contributed by atoms with van der Waals surface area (Å²) in [5.74, 6) is -2.09. The monoisotopic (exact) mass is 691 g/mol. The number of allylic oxidation sites excluding steroid dienone is 1. The second-order valence-corrected chi connectivity index (χ2v) is 11.8. The van der Waals surface area contributed by atoms with Crippen molar-refractivity contribution in [3.63, 3.8) is 0 Å². The van der Waals surface area contributed by atoms with Crippen LogP contribution in [-0.4, -0.2) is 61.3 Å². The summed E-state index contributed by atoms with van der Waals surface area (Å²) in [6.45, 7) is 1.24. The first-order valence-electron chi connectivity index (χ1n) is 14.9. The van der Waals surface area contributed by atoms with Gasteiger partial charge in [-0.3, -0.25) is 19.9 Å². The van der Waals surface area contributed by atoms with E-state index in [0.29, 0.717) is 40.8 Å². The van der Waals surface area contributed by atoms with E-state index in [4.69, 9.17) is 10.1 Å². The number of amides is 2. The maximum absolute atomic E-state index is 15.2. The lowest BCUT2D eigenvalue weighted by Crippen LogP contribution is -2.79. The predicted molar refractivity (Wildman–Crippen MR) is 181 cm³/mol. The fraction of sp³-hybridized carbons (Fsp3) is 0.143. The van der Waals surface area contributed by atoms with E-state index in [1.165, 1.54) is 41.8 Å². The highest BCUT2D eigenvalue weighted by molar-refractivity contribution is 7.22. The Labute approximate surface area is 282 Å². The third-order valence-electron chi connectivity index (χ3n) is 7.34. The number of pyridine rings is 1. The Morgan fingerprint density at radius 1 is 1.02 bits per heavy atom. The van der Waals surface area contributed by atoms with Gasteiger partial charge in [-0.15, -0.1) is 11.3 Å². The van der Waals surface area contributed by atoms with Crippen LogP contribution in [0.15, 0.2) is 102 Å². The van der Waals surface area contributed by atoms with Crippen LogP contribution < -0.4 is 20.7 Å². The highest BCUT2D eigenvalue weighted by Gasteiger charge is 2.42. The number of ether oxygens (including phenoxy) is 1. The number of likely N-dealkylation sites (N-methyl/N-ethyl adjacent to an activating group) is 2. The number of para-hydroxylation sites is 1. The molecule has 2 aromatic heterocycles. The van der Waals surface area contributed by atoms with Gasteiger partial charge in [0, 0.05) is 60.8 Å². The summed E-state index contributed by atoms with van der Waals surface area (Å²) < 4.78 is 63.5. The number of nitrogens with two attached hydrogens (primary N) is 1. The molecule has 0 radical (unpaired) electrons. The minimum atomic E-state index is -4.94. The number of halogens is 4. The molecule has 0 unspecified atom stereocenters. The summed E-state index contributed by atoms with van der Waals surface area (Å²) in [7, 11) is 3.56. The molecule has 0 spiro atoms. The highest BCUT2D eigenvalue weighted by atomic mass is 32.1. The van der Waals surface area contributed by atoms with Crippen molar-refractivity contribution < 1.29 is 37.2 Å². The van der Waals surface area contributed by atoms with Crippen LogP contribution in [0.3, 0.4) is 0 Å². The summed E-state index contributed by atoms with van der Waals surface area (Å²) in [4.78, 5) is 32.4. The standard InChI is InChI=1S/C35H30F4N6O3S/c1-41-16-17-45(2)34(47)22-10-8-21(9-11-22)30-19-27-31(49-30)29(14-15-42-27)48-28-13-12-24(18-26(28)36)44-33(46)25(20-40)32(35(37,38)39)43-23-6-4-3-5-7-23/h3-15,18-20,40-41,43H,16-17H2,1-2H3,(H,44,46)/p+1/b32-25+,40-20?. The molecule has 9 nitrogen and oxygen atoms in total. The average Bonchev–Trinajstić information content (AvgIpc) is 3.53. The Morgan fingerprint density at radius 3 is 2.41 bits per heavy atom. The van der Waals surface area contributed by atoms with Crippen molar-refractivity contribution >= 4 is 51.0 Å². The van der Waals surface area contributed by atoms with Crippen molar-refractivity contribution in [1.82, 2.24) is 15.2 Å². The van der Waals surface area contributed by atoms with E-state index in [2.05, 4.69) is 15.6 Å². The number of benzene rings is 3. The molecule has 2 heterocycles. The zero-order valence-electron chi connectivity index (χ0n) is 26.3. The predicted octanol–water partition coefficient (Wildman–Crippen LogP) is 6.49. The van der Waals surface area contributed by atoms with E-state index in [9.17, 15) is 22.8 Å². The number of carbonyl (C=O) groups excluding carboxylic acids is 2.